The minimum atomic E-state index is -0.583. The first-order valence-electron chi connectivity index (χ1n) is 9.23. The number of hydrogen-bond acceptors (Lipinski definition) is 4. The van der Waals surface area contributed by atoms with E-state index in [1.165, 1.54) is 0 Å². The summed E-state index contributed by atoms with van der Waals surface area (Å²) in [6.45, 7) is -0.347. The summed E-state index contributed by atoms with van der Waals surface area (Å²) in [5.41, 5.74) is 2.97. The molecule has 0 aliphatic carbocycles. The Kier molecular flexibility index (Phi) is 6.65. The molecule has 31 heavy (non-hydrogen) atoms. The van der Waals surface area contributed by atoms with Gasteiger partial charge in [-0.25, -0.2) is 9.78 Å². The quantitative estimate of drug-likeness (QED) is 0.178. The van der Waals surface area contributed by atoms with Crippen LogP contribution in [-0.2, 0) is 4.74 Å². The topological polar surface area (TPSA) is 56.3 Å². The van der Waals surface area contributed by atoms with E-state index in [2.05, 4.69) is 47.8 Å². The molecule has 0 amide bonds. The number of fused-ring (bicyclic) bond motifs is 1. The van der Waals surface area contributed by atoms with E-state index < -0.39 is 5.97 Å². The Hall–Kier alpha value is -2.35. The Bertz CT molecular complexity index is 1290. The van der Waals surface area contributed by atoms with Gasteiger partial charge in [0.1, 0.15) is 0 Å². The number of nitrogens with zero attached hydrogens (tertiary/aromatic N) is 1. The van der Waals surface area contributed by atoms with Gasteiger partial charge in [0, 0.05) is 29.9 Å². The molecule has 4 aromatic rings. The fourth-order valence-electron chi connectivity index (χ4n) is 3.11. The summed E-state index contributed by atoms with van der Waals surface area (Å²) >= 11 is 10.3. The maximum Gasteiger partial charge on any atom is 0.339 e. The number of carbonyl (C=O) groups excluding carboxylic acids is 2. The minimum Gasteiger partial charge on any atom is -0.454 e. The Morgan fingerprint density at radius 2 is 1.55 bits per heavy atom. The van der Waals surface area contributed by atoms with Crippen molar-refractivity contribution in [3.8, 4) is 11.3 Å². The highest BCUT2D eigenvalue weighted by atomic mass is 79.9. The minimum absolute atomic E-state index is 0.273. The molecule has 154 valence electrons. The summed E-state index contributed by atoms with van der Waals surface area (Å²) < 4.78 is 7.80. The first kappa shape index (κ1) is 21.9. The van der Waals surface area contributed by atoms with Gasteiger partial charge in [-0.05, 0) is 46.3 Å². The number of halogens is 3. The zero-order valence-corrected chi connectivity index (χ0v) is 20.7. The molecule has 0 fully saturated rings. The van der Waals surface area contributed by atoms with Gasteiger partial charge < -0.3 is 4.74 Å². The highest BCUT2D eigenvalue weighted by molar-refractivity contribution is 9.11. The van der Waals surface area contributed by atoms with Crippen LogP contribution in [0.5, 0.6) is 0 Å². The molecule has 0 N–H and O–H groups in total. The van der Waals surface area contributed by atoms with Gasteiger partial charge in [0.05, 0.1) is 16.8 Å². The second-order valence-electron chi connectivity index (χ2n) is 6.71. The van der Waals surface area contributed by atoms with Gasteiger partial charge in [-0.1, -0.05) is 74.3 Å². The molecule has 0 spiro atoms. The van der Waals surface area contributed by atoms with Crippen LogP contribution in [-0.4, -0.2) is 23.3 Å². The van der Waals surface area contributed by atoms with Crippen LogP contribution in [0.2, 0.25) is 0 Å². The van der Waals surface area contributed by atoms with Crippen LogP contribution in [0.1, 0.15) is 20.7 Å². The molecule has 1 heterocycles. The SMILES string of the molecule is O=C(COC(=O)c1cc(-c2ccccc2)nc2c(Br)cc(Br)cc12)c1ccc(Br)cc1. The van der Waals surface area contributed by atoms with Crippen molar-refractivity contribution in [1.82, 2.24) is 4.98 Å². The van der Waals surface area contributed by atoms with Crippen molar-refractivity contribution in [3.05, 3.63) is 97.3 Å². The van der Waals surface area contributed by atoms with Gasteiger partial charge in [0.15, 0.2) is 12.4 Å². The zero-order valence-electron chi connectivity index (χ0n) is 15.9. The van der Waals surface area contributed by atoms with E-state index in [1.807, 2.05) is 42.5 Å². The van der Waals surface area contributed by atoms with Crippen LogP contribution < -0.4 is 0 Å². The highest BCUT2D eigenvalue weighted by Gasteiger charge is 2.19. The van der Waals surface area contributed by atoms with Gasteiger partial charge in [0.25, 0.3) is 0 Å². The van der Waals surface area contributed by atoms with Gasteiger partial charge >= 0.3 is 5.97 Å². The lowest BCUT2D eigenvalue weighted by molar-refractivity contribution is 0.0476. The predicted molar refractivity (Wildman–Crippen MR) is 131 cm³/mol. The molecular weight excluding hydrogens is 590 g/mol. The third-order valence-electron chi connectivity index (χ3n) is 4.62. The second kappa shape index (κ2) is 9.42. The molecule has 1 aromatic heterocycles. The first-order chi connectivity index (χ1) is 14.9. The third-order valence-corrected chi connectivity index (χ3v) is 6.21. The van der Waals surface area contributed by atoms with E-state index in [9.17, 15) is 9.59 Å². The number of hydrogen-bond donors (Lipinski definition) is 0. The average molecular weight is 604 g/mol. The number of benzene rings is 3. The Balaban J connectivity index is 1.70. The van der Waals surface area contributed by atoms with Crippen molar-refractivity contribution < 1.29 is 14.3 Å². The summed E-state index contributed by atoms with van der Waals surface area (Å²) in [7, 11) is 0. The lowest BCUT2D eigenvalue weighted by atomic mass is 10.0. The highest BCUT2D eigenvalue weighted by Crippen LogP contribution is 2.32. The van der Waals surface area contributed by atoms with Crippen LogP contribution in [0.25, 0.3) is 22.2 Å². The van der Waals surface area contributed by atoms with E-state index in [4.69, 9.17) is 9.72 Å². The Morgan fingerprint density at radius 1 is 0.839 bits per heavy atom. The zero-order chi connectivity index (χ0) is 22.0. The summed E-state index contributed by atoms with van der Waals surface area (Å²) in [6, 6.07) is 21.9. The summed E-state index contributed by atoms with van der Waals surface area (Å²) in [5, 5.41) is 0.627. The number of Topliss-reactive ketones (excluding diaryl/α,β-unsaturated/α-hetero) is 1. The first-order valence-corrected chi connectivity index (χ1v) is 11.6. The van der Waals surface area contributed by atoms with E-state index in [0.29, 0.717) is 27.7 Å². The average Bonchev–Trinajstić information content (AvgIpc) is 2.77. The van der Waals surface area contributed by atoms with Crippen molar-refractivity contribution in [2.24, 2.45) is 0 Å². The number of esters is 1. The monoisotopic (exact) mass is 601 g/mol. The lowest BCUT2D eigenvalue weighted by Gasteiger charge is -2.12. The summed E-state index contributed by atoms with van der Waals surface area (Å²) in [4.78, 5) is 30.2. The van der Waals surface area contributed by atoms with E-state index in [1.54, 1.807) is 30.3 Å². The molecule has 0 aliphatic heterocycles. The number of aromatic nitrogens is 1. The van der Waals surface area contributed by atoms with Gasteiger partial charge in [-0.2, -0.15) is 0 Å². The molecule has 0 saturated carbocycles. The normalized spacial score (nSPS) is 10.8. The second-order valence-corrected chi connectivity index (χ2v) is 9.40. The lowest BCUT2D eigenvalue weighted by Crippen LogP contribution is -2.15. The Morgan fingerprint density at radius 3 is 2.26 bits per heavy atom. The number of ether oxygens (including phenoxy) is 1. The maximum atomic E-state index is 13.0. The van der Waals surface area contributed by atoms with E-state index in [0.717, 1.165) is 19.0 Å². The molecule has 0 radical (unpaired) electrons. The molecular formula is C24H14Br3NO3. The number of pyridine rings is 1. The summed E-state index contributed by atoms with van der Waals surface area (Å²) in [6.07, 6.45) is 0. The molecule has 4 rings (SSSR count). The summed E-state index contributed by atoms with van der Waals surface area (Å²) in [5.74, 6) is -0.857. The smallest absolute Gasteiger partial charge is 0.339 e. The van der Waals surface area contributed by atoms with Gasteiger partial charge in [0.2, 0.25) is 0 Å². The van der Waals surface area contributed by atoms with Crippen LogP contribution in [0.4, 0.5) is 0 Å². The van der Waals surface area contributed by atoms with Crippen LogP contribution >= 0.6 is 47.8 Å². The van der Waals surface area contributed by atoms with E-state index in [-0.39, 0.29) is 12.4 Å². The molecule has 3 aromatic carbocycles. The van der Waals surface area contributed by atoms with E-state index >= 15 is 0 Å². The molecule has 0 bridgehead atoms. The van der Waals surface area contributed by atoms with Crippen molar-refractivity contribution in [3.63, 3.8) is 0 Å². The number of carbonyl (C=O) groups is 2. The molecule has 0 unspecified atom stereocenters. The predicted octanol–water partition coefficient (Wildman–Crippen LogP) is 7.23. The van der Waals surface area contributed by atoms with Crippen molar-refractivity contribution in [1.29, 1.82) is 0 Å². The fraction of sp³-hybridized carbons (Fsp3) is 0.0417. The molecule has 7 heteroatoms. The van der Waals surface area contributed by atoms with Gasteiger partial charge in [-0.15, -0.1) is 0 Å². The standard InChI is InChI=1S/C24H14Br3NO3/c25-16-8-6-15(7-9-16)22(29)13-31-24(30)19-12-21(14-4-2-1-3-5-14)28-23-18(19)10-17(26)11-20(23)27/h1-12H,13H2. The van der Waals surface area contributed by atoms with Crippen LogP contribution in [0.15, 0.2) is 86.2 Å². The fourth-order valence-corrected chi connectivity index (χ4v) is 4.68. The maximum absolute atomic E-state index is 13.0. The third kappa shape index (κ3) is 4.95. The molecule has 0 aliphatic rings. The Labute approximate surface area is 204 Å². The molecule has 4 nitrogen and oxygen atoms in total. The van der Waals surface area contributed by atoms with Gasteiger partial charge in [-0.3, -0.25) is 4.79 Å². The van der Waals surface area contributed by atoms with Crippen LogP contribution in [0.3, 0.4) is 0 Å². The molecule has 0 atom stereocenters. The number of rotatable bonds is 5. The van der Waals surface area contributed by atoms with Crippen molar-refractivity contribution in [2.75, 3.05) is 6.61 Å². The largest absolute Gasteiger partial charge is 0.454 e. The van der Waals surface area contributed by atoms with Crippen LogP contribution in [0, 0.1) is 0 Å². The number of ketones is 1. The van der Waals surface area contributed by atoms with Crippen molar-refractivity contribution in [2.45, 2.75) is 0 Å². The van der Waals surface area contributed by atoms with Crippen molar-refractivity contribution >= 4 is 70.4 Å². The molecule has 0 saturated heterocycles.